The minimum Gasteiger partial charge on any atom is -0.449 e. The van der Waals surface area contributed by atoms with Crippen molar-refractivity contribution in [1.82, 2.24) is 15.6 Å². The van der Waals surface area contributed by atoms with Crippen molar-refractivity contribution in [2.24, 2.45) is 10.1 Å². The summed E-state index contributed by atoms with van der Waals surface area (Å²) in [5, 5.41) is 6.97. The second kappa shape index (κ2) is 13.8. The van der Waals surface area contributed by atoms with Crippen molar-refractivity contribution in [3.8, 4) is 0 Å². The fourth-order valence-electron chi connectivity index (χ4n) is 3.84. The Morgan fingerprint density at radius 2 is 2.06 bits per heavy atom. The number of hydrogen-bond donors (Lipinski definition) is 2. The van der Waals surface area contributed by atoms with Gasteiger partial charge in [-0.1, -0.05) is 29.8 Å². The molecule has 1 aliphatic rings. The first-order chi connectivity index (χ1) is 17.6. The molecule has 9 heteroatoms. The number of furan rings is 1. The van der Waals surface area contributed by atoms with Crippen LogP contribution in [-0.4, -0.2) is 69.4 Å². The Labute approximate surface area is 211 Å². The fraction of sp³-hybridized carbons (Fsp3) is 0.333. The van der Waals surface area contributed by atoms with Gasteiger partial charge >= 0.3 is 0 Å². The maximum atomic E-state index is 12.7. The largest absolute Gasteiger partial charge is 0.449 e. The molecule has 0 bridgehead atoms. The predicted molar refractivity (Wildman–Crippen MR) is 142 cm³/mol. The van der Waals surface area contributed by atoms with Crippen LogP contribution in [0.1, 0.15) is 40.3 Å². The lowest BCUT2D eigenvalue weighted by Crippen LogP contribution is -2.34. The van der Waals surface area contributed by atoms with Gasteiger partial charge in [-0.05, 0) is 38.3 Å². The zero-order chi connectivity index (χ0) is 25.8. The van der Waals surface area contributed by atoms with E-state index in [0.29, 0.717) is 57.1 Å². The lowest BCUT2D eigenvalue weighted by atomic mass is 10.1. The molecule has 2 heterocycles. The average molecular weight is 492 g/mol. The van der Waals surface area contributed by atoms with Crippen LogP contribution in [-0.2, 0) is 9.53 Å². The molecule has 0 spiro atoms. The number of nitrogens with zero attached hydrogens (tertiary/aromatic N) is 3. The smallest absolute Gasteiger partial charge is 0.207 e. The summed E-state index contributed by atoms with van der Waals surface area (Å²) < 4.78 is 11.6. The molecular weight excluding hydrogens is 458 g/mol. The predicted octanol–water partition coefficient (Wildman–Crippen LogP) is 3.48. The summed E-state index contributed by atoms with van der Waals surface area (Å²) in [5.41, 5.74) is 7.06. The van der Waals surface area contributed by atoms with Crippen LogP contribution in [0.5, 0.6) is 0 Å². The minimum absolute atomic E-state index is 0.154. The van der Waals surface area contributed by atoms with Gasteiger partial charge in [0, 0.05) is 44.7 Å². The molecule has 0 aliphatic carbocycles. The number of aliphatic imine (C=N–C) groups is 1. The molecule has 1 amide bonds. The van der Waals surface area contributed by atoms with Crippen molar-refractivity contribution in [3.05, 3.63) is 71.2 Å². The number of amides is 1. The Morgan fingerprint density at radius 3 is 2.75 bits per heavy atom. The highest BCUT2D eigenvalue weighted by atomic mass is 16.5. The Balaban J connectivity index is 1.93. The standard InChI is InChI=1S/C27H33N5O4/c1-20-7-4-8-21(17-20)22(31-29-3)9-5-10-24(32-13-15-35-16-14-32)27-23(28-2)18-26(36-27)25(34)11-6-12-30-19-33/h4-5,7-10,17-19,29H,2,6,11-16H2,1,3H3,(H,30,33)/b9-5-,24-10+,31-22+. The Hall–Kier alpha value is -3.98. The molecule has 1 aromatic heterocycles. The topological polar surface area (TPSA) is 109 Å². The summed E-state index contributed by atoms with van der Waals surface area (Å²) in [7, 11) is 1.76. The Bertz CT molecular complexity index is 1140. The van der Waals surface area contributed by atoms with Crippen LogP contribution >= 0.6 is 0 Å². The molecule has 36 heavy (non-hydrogen) atoms. The quantitative estimate of drug-likeness (QED) is 0.111. The van der Waals surface area contributed by atoms with Crippen molar-refractivity contribution in [2.45, 2.75) is 19.8 Å². The van der Waals surface area contributed by atoms with Crippen LogP contribution in [0, 0.1) is 6.92 Å². The molecule has 190 valence electrons. The van der Waals surface area contributed by atoms with E-state index in [9.17, 15) is 9.59 Å². The molecular formula is C27H33N5O4. The maximum absolute atomic E-state index is 12.7. The molecule has 0 saturated carbocycles. The number of ether oxygens (including phenoxy) is 1. The number of hydrogen-bond acceptors (Lipinski definition) is 8. The first kappa shape index (κ1) is 26.6. The molecule has 0 unspecified atom stereocenters. The van der Waals surface area contributed by atoms with Crippen LogP contribution in [0.25, 0.3) is 5.70 Å². The second-order valence-corrected chi connectivity index (χ2v) is 8.18. The van der Waals surface area contributed by atoms with Gasteiger partial charge in [-0.2, -0.15) is 5.10 Å². The van der Waals surface area contributed by atoms with Crippen molar-refractivity contribution >= 4 is 36.0 Å². The van der Waals surface area contributed by atoms with Crippen LogP contribution in [0.15, 0.2) is 63.1 Å². The SMILES string of the molecule is C=Nc1cc(C(=O)CCCNC=O)oc1\C(=C/C=C\C(=N/NC)c1cccc(C)c1)N1CCOCC1. The lowest BCUT2D eigenvalue weighted by molar-refractivity contribution is -0.109. The average Bonchev–Trinajstić information content (AvgIpc) is 3.33. The van der Waals surface area contributed by atoms with Gasteiger partial charge in [0.1, 0.15) is 5.69 Å². The number of nitrogens with one attached hydrogen (secondary N) is 2. The lowest BCUT2D eigenvalue weighted by Gasteiger charge is -2.30. The first-order valence-corrected chi connectivity index (χ1v) is 11.9. The Morgan fingerprint density at radius 1 is 1.25 bits per heavy atom. The van der Waals surface area contributed by atoms with Crippen molar-refractivity contribution in [1.29, 1.82) is 0 Å². The first-order valence-electron chi connectivity index (χ1n) is 11.9. The van der Waals surface area contributed by atoms with Gasteiger partial charge < -0.3 is 24.8 Å². The van der Waals surface area contributed by atoms with E-state index < -0.39 is 0 Å². The molecule has 3 rings (SSSR count). The molecule has 9 nitrogen and oxygen atoms in total. The number of carbonyl (C=O) groups excluding carboxylic acids is 2. The maximum Gasteiger partial charge on any atom is 0.207 e. The number of ketones is 1. The third-order valence-electron chi connectivity index (χ3n) is 5.60. The molecule has 2 N–H and O–H groups in total. The summed E-state index contributed by atoms with van der Waals surface area (Å²) in [5.74, 6) is 0.547. The van der Waals surface area contributed by atoms with Crippen LogP contribution in [0.2, 0.25) is 0 Å². The van der Waals surface area contributed by atoms with E-state index in [4.69, 9.17) is 9.15 Å². The zero-order valence-corrected chi connectivity index (χ0v) is 20.8. The summed E-state index contributed by atoms with van der Waals surface area (Å²) in [6.45, 7) is 8.66. The summed E-state index contributed by atoms with van der Waals surface area (Å²) in [4.78, 5) is 29.4. The van der Waals surface area contributed by atoms with Gasteiger partial charge in [-0.15, -0.1) is 0 Å². The van der Waals surface area contributed by atoms with Gasteiger partial charge in [0.05, 0.1) is 24.6 Å². The van der Waals surface area contributed by atoms with Gasteiger partial charge in [-0.25, -0.2) is 0 Å². The van der Waals surface area contributed by atoms with E-state index in [2.05, 4.69) is 38.5 Å². The molecule has 1 aliphatic heterocycles. The number of carbonyl (C=O) groups is 2. The van der Waals surface area contributed by atoms with Gasteiger partial charge in [0.2, 0.25) is 6.41 Å². The molecule has 1 fully saturated rings. The number of morpholine rings is 1. The number of Topliss-reactive ketones (excluding diaryl/α,β-unsaturated/α-hetero) is 1. The molecule has 0 atom stereocenters. The molecule has 1 saturated heterocycles. The summed E-state index contributed by atoms with van der Waals surface area (Å²) in [6, 6.07) is 9.74. The number of aryl methyl sites for hydroxylation is 1. The minimum atomic E-state index is -0.154. The highest BCUT2D eigenvalue weighted by Gasteiger charge is 2.23. The third-order valence-corrected chi connectivity index (χ3v) is 5.60. The van der Waals surface area contributed by atoms with E-state index in [-0.39, 0.29) is 18.0 Å². The van der Waals surface area contributed by atoms with Gasteiger partial charge in [0.15, 0.2) is 17.3 Å². The zero-order valence-electron chi connectivity index (χ0n) is 20.8. The van der Waals surface area contributed by atoms with E-state index in [1.54, 1.807) is 13.1 Å². The van der Waals surface area contributed by atoms with Crippen LogP contribution < -0.4 is 10.7 Å². The molecule has 0 radical (unpaired) electrons. The van der Waals surface area contributed by atoms with Gasteiger partial charge in [-0.3, -0.25) is 14.6 Å². The van der Waals surface area contributed by atoms with E-state index in [1.165, 1.54) is 0 Å². The van der Waals surface area contributed by atoms with E-state index >= 15 is 0 Å². The van der Waals surface area contributed by atoms with Crippen molar-refractivity contribution in [3.63, 3.8) is 0 Å². The highest BCUT2D eigenvalue weighted by molar-refractivity contribution is 6.08. The third kappa shape index (κ3) is 7.26. The van der Waals surface area contributed by atoms with Crippen molar-refractivity contribution < 1.29 is 18.7 Å². The number of benzene rings is 1. The number of rotatable bonds is 13. The Kier molecular flexibility index (Phi) is 10.2. The number of allylic oxidation sites excluding steroid dienone is 3. The summed E-state index contributed by atoms with van der Waals surface area (Å²) >= 11 is 0. The normalized spacial score (nSPS) is 14.7. The molecule has 2 aromatic rings. The monoisotopic (exact) mass is 491 g/mol. The van der Waals surface area contributed by atoms with E-state index in [0.717, 1.165) is 22.5 Å². The van der Waals surface area contributed by atoms with Gasteiger partial charge in [0.25, 0.3) is 0 Å². The highest BCUT2D eigenvalue weighted by Crippen LogP contribution is 2.33. The number of hydrazone groups is 1. The van der Waals surface area contributed by atoms with Crippen LogP contribution in [0.4, 0.5) is 5.69 Å². The summed E-state index contributed by atoms with van der Waals surface area (Å²) in [6.07, 6.45) is 7.15. The van der Waals surface area contributed by atoms with E-state index in [1.807, 2.05) is 43.4 Å². The molecule has 1 aromatic carbocycles. The second-order valence-electron chi connectivity index (χ2n) is 8.18. The van der Waals surface area contributed by atoms with Crippen LogP contribution in [0.3, 0.4) is 0 Å². The fourth-order valence-corrected chi connectivity index (χ4v) is 3.84. The van der Waals surface area contributed by atoms with Crippen molar-refractivity contribution in [2.75, 3.05) is 39.9 Å².